The molecule has 0 bridgehead atoms. The Morgan fingerprint density at radius 1 is 1.16 bits per heavy atom. The monoisotopic (exact) mass is 357 g/mol. The van der Waals surface area contributed by atoms with Gasteiger partial charge in [-0.05, 0) is 49.1 Å². The first-order valence-electron chi connectivity index (χ1n) is 8.51. The Labute approximate surface area is 148 Å². The Morgan fingerprint density at radius 3 is 2.72 bits per heavy atom. The number of sulfonamides is 1. The topological polar surface area (TPSA) is 64.0 Å². The molecule has 2 aromatic heterocycles. The van der Waals surface area contributed by atoms with Crippen LogP contribution in [-0.2, 0) is 23.0 Å². The number of aryl methyl sites for hydroxylation is 2. The van der Waals surface area contributed by atoms with Crippen molar-refractivity contribution in [2.75, 3.05) is 6.54 Å². The Balaban J connectivity index is 1.76. The normalized spacial score (nSPS) is 11.9. The average Bonchev–Trinajstić information content (AvgIpc) is 2.94. The van der Waals surface area contributed by atoms with E-state index in [1.165, 1.54) is 0 Å². The highest BCUT2D eigenvalue weighted by molar-refractivity contribution is 7.89. The highest BCUT2D eigenvalue weighted by Gasteiger charge is 2.16. The molecule has 5 nitrogen and oxygen atoms in total. The van der Waals surface area contributed by atoms with Crippen LogP contribution in [0.25, 0.3) is 11.0 Å². The molecule has 0 saturated carbocycles. The first-order valence-corrected chi connectivity index (χ1v) is 9.99. The molecule has 3 aromatic rings. The van der Waals surface area contributed by atoms with Gasteiger partial charge in [0.2, 0.25) is 10.0 Å². The van der Waals surface area contributed by atoms with Crippen LogP contribution in [0.3, 0.4) is 0 Å². The second-order valence-electron chi connectivity index (χ2n) is 6.14. The number of hydrogen-bond donors (Lipinski definition) is 1. The summed E-state index contributed by atoms with van der Waals surface area (Å²) in [5.74, 6) is 0. The van der Waals surface area contributed by atoms with Crippen molar-refractivity contribution in [3.05, 3.63) is 59.9 Å². The summed E-state index contributed by atoms with van der Waals surface area (Å²) in [7, 11) is -3.49. The second kappa shape index (κ2) is 7.37. The molecule has 1 N–H and O–H groups in total. The zero-order chi connectivity index (χ0) is 17.9. The Kier molecular flexibility index (Phi) is 5.20. The molecular formula is C19H23N3O2S. The number of benzene rings is 1. The minimum atomic E-state index is -3.49. The molecule has 2 heterocycles. The van der Waals surface area contributed by atoms with Crippen molar-refractivity contribution in [3.8, 4) is 0 Å². The lowest BCUT2D eigenvalue weighted by Crippen LogP contribution is -2.26. The van der Waals surface area contributed by atoms with Crippen molar-refractivity contribution in [2.45, 2.75) is 38.1 Å². The number of nitrogens with one attached hydrogen (secondary N) is 1. The van der Waals surface area contributed by atoms with Crippen LogP contribution in [0.1, 0.15) is 24.5 Å². The molecule has 0 atom stereocenters. The van der Waals surface area contributed by atoms with Gasteiger partial charge in [0.1, 0.15) is 5.65 Å². The molecule has 0 spiro atoms. The van der Waals surface area contributed by atoms with Crippen LogP contribution >= 0.6 is 0 Å². The zero-order valence-corrected chi connectivity index (χ0v) is 15.4. The van der Waals surface area contributed by atoms with Gasteiger partial charge in [-0.25, -0.2) is 18.1 Å². The molecule has 25 heavy (non-hydrogen) atoms. The summed E-state index contributed by atoms with van der Waals surface area (Å²) in [5, 5.41) is 1.09. The van der Waals surface area contributed by atoms with Gasteiger partial charge in [-0.1, -0.05) is 25.1 Å². The quantitative estimate of drug-likeness (QED) is 0.706. The summed E-state index contributed by atoms with van der Waals surface area (Å²) in [6.07, 6.45) is 5.53. The van der Waals surface area contributed by atoms with E-state index >= 15 is 0 Å². The molecule has 0 saturated heterocycles. The molecule has 132 valence electrons. The van der Waals surface area contributed by atoms with Gasteiger partial charge in [0.25, 0.3) is 0 Å². The Hall–Kier alpha value is -2.18. The van der Waals surface area contributed by atoms with Gasteiger partial charge in [-0.15, -0.1) is 0 Å². The van der Waals surface area contributed by atoms with Gasteiger partial charge in [-0.3, -0.25) is 0 Å². The minimum Gasteiger partial charge on any atom is -0.332 e. The summed E-state index contributed by atoms with van der Waals surface area (Å²) in [4.78, 5) is 4.80. The number of fused-ring (bicyclic) bond motifs is 1. The van der Waals surface area contributed by atoms with E-state index in [9.17, 15) is 8.42 Å². The molecule has 3 rings (SSSR count). The molecule has 0 fully saturated rings. The molecule has 0 amide bonds. The molecule has 0 radical (unpaired) electrons. The molecule has 0 aliphatic carbocycles. The van der Waals surface area contributed by atoms with Crippen molar-refractivity contribution >= 4 is 21.1 Å². The maximum atomic E-state index is 12.5. The molecule has 0 unspecified atom stereocenters. The molecule has 0 aliphatic heterocycles. The second-order valence-corrected chi connectivity index (χ2v) is 7.87. The first kappa shape index (κ1) is 17.6. The standard InChI is InChI=1S/C19H23N3O2S/c1-3-13-22-14-16(17-8-6-11-20-19(17)22)10-12-21-25(23,24)18-9-5-4-7-15(18)2/h4-9,11,14,21H,3,10,12-13H2,1-2H3. The van der Waals surface area contributed by atoms with Crippen LogP contribution in [0.5, 0.6) is 0 Å². The van der Waals surface area contributed by atoms with Crippen LogP contribution in [-0.4, -0.2) is 24.5 Å². The summed E-state index contributed by atoms with van der Waals surface area (Å²) in [6.45, 7) is 5.20. The molecule has 1 aromatic carbocycles. The van der Waals surface area contributed by atoms with Crippen LogP contribution in [0.2, 0.25) is 0 Å². The van der Waals surface area contributed by atoms with Crippen LogP contribution < -0.4 is 4.72 Å². The number of pyridine rings is 1. The molecule has 0 aliphatic rings. The third-order valence-corrected chi connectivity index (χ3v) is 5.87. The highest BCUT2D eigenvalue weighted by atomic mass is 32.2. The number of aromatic nitrogens is 2. The lowest BCUT2D eigenvalue weighted by molar-refractivity contribution is 0.581. The Morgan fingerprint density at radius 2 is 1.96 bits per heavy atom. The molecule has 6 heteroatoms. The van der Waals surface area contributed by atoms with E-state index in [2.05, 4.69) is 27.4 Å². The van der Waals surface area contributed by atoms with Crippen LogP contribution in [0.15, 0.2) is 53.7 Å². The van der Waals surface area contributed by atoms with Crippen LogP contribution in [0.4, 0.5) is 0 Å². The van der Waals surface area contributed by atoms with Gasteiger partial charge < -0.3 is 4.57 Å². The van der Waals surface area contributed by atoms with E-state index in [0.717, 1.165) is 35.1 Å². The third-order valence-electron chi connectivity index (χ3n) is 4.25. The van der Waals surface area contributed by atoms with Gasteiger partial charge in [0.05, 0.1) is 4.90 Å². The van der Waals surface area contributed by atoms with Crippen molar-refractivity contribution in [1.29, 1.82) is 0 Å². The predicted molar refractivity (Wildman–Crippen MR) is 100 cm³/mol. The fourth-order valence-electron chi connectivity index (χ4n) is 3.06. The van der Waals surface area contributed by atoms with Crippen LogP contribution in [0, 0.1) is 6.92 Å². The van der Waals surface area contributed by atoms with Crippen molar-refractivity contribution in [1.82, 2.24) is 14.3 Å². The third kappa shape index (κ3) is 3.75. The predicted octanol–water partition coefficient (Wildman–Crippen LogP) is 3.28. The minimum absolute atomic E-state index is 0.338. The van der Waals surface area contributed by atoms with E-state index < -0.39 is 10.0 Å². The molecular weight excluding hydrogens is 334 g/mol. The van der Waals surface area contributed by atoms with Gasteiger partial charge in [0.15, 0.2) is 0 Å². The summed E-state index contributed by atoms with van der Waals surface area (Å²) in [6, 6.07) is 11.0. The Bertz CT molecular complexity index is 977. The highest BCUT2D eigenvalue weighted by Crippen LogP contribution is 2.20. The maximum absolute atomic E-state index is 12.5. The van der Waals surface area contributed by atoms with Gasteiger partial charge >= 0.3 is 0 Å². The first-order chi connectivity index (χ1) is 12.0. The summed E-state index contributed by atoms with van der Waals surface area (Å²) in [5.41, 5.74) is 2.82. The SMILES string of the molecule is CCCn1cc(CCNS(=O)(=O)c2ccccc2C)c2cccnc21. The van der Waals surface area contributed by atoms with E-state index in [0.29, 0.717) is 17.9 Å². The van der Waals surface area contributed by atoms with E-state index in [1.54, 1.807) is 31.3 Å². The lowest BCUT2D eigenvalue weighted by Gasteiger charge is -2.08. The summed E-state index contributed by atoms with van der Waals surface area (Å²) >= 11 is 0. The number of hydrogen-bond acceptors (Lipinski definition) is 3. The number of rotatable bonds is 7. The van der Waals surface area contributed by atoms with E-state index in [1.807, 2.05) is 18.2 Å². The fourth-order valence-corrected chi connectivity index (χ4v) is 4.34. The average molecular weight is 357 g/mol. The number of nitrogens with zero attached hydrogens (tertiary/aromatic N) is 2. The van der Waals surface area contributed by atoms with Crippen molar-refractivity contribution in [2.24, 2.45) is 0 Å². The summed E-state index contributed by atoms with van der Waals surface area (Å²) < 4.78 is 29.8. The fraction of sp³-hybridized carbons (Fsp3) is 0.316. The lowest BCUT2D eigenvalue weighted by atomic mass is 10.2. The zero-order valence-electron chi connectivity index (χ0n) is 14.6. The van der Waals surface area contributed by atoms with Crippen molar-refractivity contribution < 1.29 is 8.42 Å². The largest absolute Gasteiger partial charge is 0.332 e. The van der Waals surface area contributed by atoms with E-state index in [4.69, 9.17) is 0 Å². The van der Waals surface area contributed by atoms with Crippen molar-refractivity contribution in [3.63, 3.8) is 0 Å². The van der Waals surface area contributed by atoms with Gasteiger partial charge in [0, 0.05) is 30.9 Å². The van der Waals surface area contributed by atoms with E-state index in [-0.39, 0.29) is 0 Å². The van der Waals surface area contributed by atoms with Gasteiger partial charge in [-0.2, -0.15) is 0 Å². The smallest absolute Gasteiger partial charge is 0.240 e. The maximum Gasteiger partial charge on any atom is 0.240 e.